The number of aliphatic imine (C=N–C) groups is 1. The zero-order valence-electron chi connectivity index (χ0n) is 15.8. The zero-order valence-corrected chi connectivity index (χ0v) is 15.8. The largest absolute Gasteiger partial charge is 0.402 e. The highest BCUT2D eigenvalue weighted by atomic mass is 15.2. The lowest BCUT2D eigenvalue weighted by Crippen LogP contribution is -2.28. The number of likely N-dealkylation sites (tertiary alicyclic amines) is 1. The molecular formula is C20H24N8. The average Bonchev–Trinajstić information content (AvgIpc) is 3.09. The topological polar surface area (TPSA) is 129 Å². The van der Waals surface area contributed by atoms with Gasteiger partial charge in [-0.05, 0) is 37.0 Å². The monoisotopic (exact) mass is 376 g/mol. The summed E-state index contributed by atoms with van der Waals surface area (Å²) >= 11 is 0. The van der Waals surface area contributed by atoms with E-state index < -0.39 is 0 Å². The number of aromatic nitrogens is 2. The zero-order chi connectivity index (χ0) is 19.7. The molecule has 1 saturated carbocycles. The number of allylic oxidation sites excluding steroid dienone is 1. The van der Waals surface area contributed by atoms with Gasteiger partial charge in [0.05, 0.1) is 11.6 Å². The molecule has 2 aromatic heterocycles. The number of fused-ring (bicyclic) bond motifs is 2. The van der Waals surface area contributed by atoms with Crippen LogP contribution >= 0.6 is 0 Å². The van der Waals surface area contributed by atoms with Gasteiger partial charge in [0.25, 0.3) is 0 Å². The van der Waals surface area contributed by atoms with Gasteiger partial charge in [0, 0.05) is 55.4 Å². The molecule has 2 aromatic rings. The number of nitrogens with one attached hydrogen (secondary N) is 1. The summed E-state index contributed by atoms with van der Waals surface area (Å²) in [5, 5.41) is 13.3. The summed E-state index contributed by atoms with van der Waals surface area (Å²) in [6.45, 7) is 4.69. The van der Waals surface area contributed by atoms with Gasteiger partial charge in [-0.15, -0.1) is 0 Å². The minimum absolute atomic E-state index is 0.310. The van der Waals surface area contributed by atoms with Crippen LogP contribution in [-0.2, 0) is 0 Å². The molecule has 1 aliphatic heterocycles. The van der Waals surface area contributed by atoms with Crippen LogP contribution in [0, 0.1) is 23.2 Å². The summed E-state index contributed by atoms with van der Waals surface area (Å²) in [7, 11) is 0. The smallest absolute Gasteiger partial charge is 0.158 e. The van der Waals surface area contributed by atoms with Crippen molar-refractivity contribution in [3.63, 3.8) is 0 Å². The van der Waals surface area contributed by atoms with Gasteiger partial charge in [-0.2, -0.15) is 5.26 Å². The minimum Gasteiger partial charge on any atom is -0.402 e. The summed E-state index contributed by atoms with van der Waals surface area (Å²) < 4.78 is 0. The molecule has 1 aliphatic carbocycles. The van der Waals surface area contributed by atoms with Crippen molar-refractivity contribution in [2.24, 2.45) is 28.3 Å². The number of piperidine rings is 1. The Bertz CT molecular complexity index is 973. The fraction of sp³-hybridized carbons (Fsp3) is 0.400. The van der Waals surface area contributed by atoms with Gasteiger partial charge >= 0.3 is 0 Å². The Morgan fingerprint density at radius 3 is 2.93 bits per heavy atom. The molecule has 0 radical (unpaired) electrons. The van der Waals surface area contributed by atoms with Gasteiger partial charge < -0.3 is 21.7 Å². The molecule has 3 atom stereocenters. The second-order valence-corrected chi connectivity index (χ2v) is 7.49. The van der Waals surface area contributed by atoms with Crippen molar-refractivity contribution in [2.75, 3.05) is 25.0 Å². The first-order valence-electron chi connectivity index (χ1n) is 9.44. The lowest BCUT2D eigenvalue weighted by molar-refractivity contribution is 0.307. The van der Waals surface area contributed by atoms with E-state index in [9.17, 15) is 0 Å². The normalized spacial score (nSPS) is 24.8. The van der Waals surface area contributed by atoms with Crippen LogP contribution in [0.15, 0.2) is 41.2 Å². The Morgan fingerprint density at radius 2 is 2.21 bits per heavy atom. The highest BCUT2D eigenvalue weighted by Crippen LogP contribution is 2.47. The molecule has 2 fully saturated rings. The number of nitrogens with two attached hydrogens (primary N) is 2. The van der Waals surface area contributed by atoms with E-state index in [2.05, 4.69) is 31.2 Å². The van der Waals surface area contributed by atoms with Crippen LogP contribution in [0.5, 0.6) is 0 Å². The van der Waals surface area contributed by atoms with Crippen LogP contribution in [0.3, 0.4) is 0 Å². The van der Waals surface area contributed by atoms with Crippen LogP contribution in [0.25, 0.3) is 10.9 Å². The van der Waals surface area contributed by atoms with E-state index >= 15 is 0 Å². The molecule has 1 saturated heterocycles. The van der Waals surface area contributed by atoms with Crippen LogP contribution in [0.2, 0.25) is 0 Å². The van der Waals surface area contributed by atoms with Gasteiger partial charge in [-0.1, -0.05) is 0 Å². The predicted molar refractivity (Wildman–Crippen MR) is 110 cm³/mol. The van der Waals surface area contributed by atoms with Crippen molar-refractivity contribution in [3.05, 3.63) is 36.2 Å². The predicted octanol–water partition coefficient (Wildman–Crippen LogP) is 1.74. The van der Waals surface area contributed by atoms with E-state index in [4.69, 9.17) is 16.7 Å². The van der Waals surface area contributed by atoms with Crippen molar-refractivity contribution < 1.29 is 0 Å². The Morgan fingerprint density at radius 1 is 1.43 bits per heavy atom. The van der Waals surface area contributed by atoms with Gasteiger partial charge in [0.2, 0.25) is 0 Å². The molecule has 5 N–H and O–H groups in total. The first-order chi connectivity index (χ1) is 13.5. The molecule has 0 spiro atoms. The Labute approximate surface area is 164 Å². The standard InChI is InChI=1S/C20H24N8/c1-12(22)8-17(23)25-18-9-16-13(4-2-6-24-16)20(26-18)27-19-14-10-28(7-3-5-21)11-15(14)19/h2,4,6,8-9,14-15,19H,3,7,10-11,22H2,1H3,(H3,23,25,26,27)/b12-8-/t14-,15+,19?. The molecule has 8 nitrogen and oxygen atoms in total. The van der Waals surface area contributed by atoms with Crippen LogP contribution in [-0.4, -0.2) is 46.4 Å². The fourth-order valence-electron chi connectivity index (χ4n) is 4.00. The van der Waals surface area contributed by atoms with E-state index in [-0.39, 0.29) is 0 Å². The lowest BCUT2D eigenvalue weighted by atomic mass is 10.2. The van der Waals surface area contributed by atoms with Crippen LogP contribution in [0.4, 0.5) is 11.6 Å². The number of nitriles is 1. The second kappa shape index (κ2) is 7.44. The van der Waals surface area contributed by atoms with Gasteiger partial charge in [0.15, 0.2) is 5.82 Å². The molecular weight excluding hydrogens is 352 g/mol. The van der Waals surface area contributed by atoms with E-state index in [1.165, 1.54) is 0 Å². The number of anilines is 1. The number of nitrogens with zero attached hydrogens (tertiary/aromatic N) is 5. The SMILES string of the molecule is C/C(N)=C/C(N)=Nc1cc2ncccc2c(NC2[C@H]3CN(CCC#N)C[C@@H]23)n1. The number of hydrogen-bond acceptors (Lipinski definition) is 7. The van der Waals surface area contributed by atoms with Crippen LogP contribution in [0.1, 0.15) is 13.3 Å². The third kappa shape index (κ3) is 3.75. The molecule has 1 unspecified atom stereocenters. The third-order valence-electron chi connectivity index (χ3n) is 5.32. The number of amidine groups is 1. The number of rotatable bonds is 6. The average molecular weight is 376 g/mol. The quantitative estimate of drug-likeness (QED) is 0.517. The number of pyridine rings is 2. The van der Waals surface area contributed by atoms with Crippen molar-refractivity contribution in [1.82, 2.24) is 14.9 Å². The summed E-state index contributed by atoms with van der Waals surface area (Å²) in [4.78, 5) is 15.9. The highest BCUT2D eigenvalue weighted by Gasteiger charge is 2.55. The summed E-state index contributed by atoms with van der Waals surface area (Å²) in [5.41, 5.74) is 13.0. The second-order valence-electron chi connectivity index (χ2n) is 7.49. The Kier molecular flexibility index (Phi) is 4.84. The molecule has 3 heterocycles. The fourth-order valence-corrected chi connectivity index (χ4v) is 4.00. The molecule has 144 valence electrons. The maximum Gasteiger partial charge on any atom is 0.158 e. The van der Waals surface area contributed by atoms with Gasteiger partial charge in [-0.25, -0.2) is 9.98 Å². The van der Waals surface area contributed by atoms with Gasteiger partial charge in [-0.3, -0.25) is 4.98 Å². The third-order valence-corrected chi connectivity index (χ3v) is 5.32. The lowest BCUT2D eigenvalue weighted by Gasteiger charge is -2.19. The van der Waals surface area contributed by atoms with E-state index in [0.717, 1.165) is 36.4 Å². The molecule has 2 aliphatic rings. The Balaban J connectivity index is 1.55. The molecule has 0 bridgehead atoms. The van der Waals surface area contributed by atoms with Crippen molar-refractivity contribution in [1.29, 1.82) is 5.26 Å². The van der Waals surface area contributed by atoms with E-state index in [1.807, 2.05) is 18.2 Å². The van der Waals surface area contributed by atoms with E-state index in [0.29, 0.717) is 41.6 Å². The summed E-state index contributed by atoms with van der Waals surface area (Å²) in [6.07, 6.45) is 3.96. The van der Waals surface area contributed by atoms with Crippen LogP contribution < -0.4 is 16.8 Å². The first kappa shape index (κ1) is 18.2. The maximum atomic E-state index is 8.75. The van der Waals surface area contributed by atoms with E-state index in [1.54, 1.807) is 19.2 Å². The number of hydrogen-bond donors (Lipinski definition) is 3. The molecule has 8 heteroatoms. The highest BCUT2D eigenvalue weighted by molar-refractivity contribution is 5.95. The minimum atomic E-state index is 0.310. The first-order valence-corrected chi connectivity index (χ1v) is 9.44. The Hall–Kier alpha value is -3.18. The molecule has 0 aromatic carbocycles. The summed E-state index contributed by atoms with van der Waals surface area (Å²) in [6, 6.07) is 8.36. The molecule has 4 rings (SSSR count). The molecule has 0 amide bonds. The van der Waals surface area contributed by atoms with Crippen molar-refractivity contribution >= 4 is 28.4 Å². The van der Waals surface area contributed by atoms with Gasteiger partial charge in [0.1, 0.15) is 11.7 Å². The van der Waals surface area contributed by atoms with Crippen molar-refractivity contribution in [2.45, 2.75) is 19.4 Å². The summed E-state index contributed by atoms with van der Waals surface area (Å²) in [5.74, 6) is 2.81. The molecule has 28 heavy (non-hydrogen) atoms. The maximum absolute atomic E-state index is 8.75. The van der Waals surface area contributed by atoms with Crippen molar-refractivity contribution in [3.8, 4) is 6.07 Å².